The first kappa shape index (κ1) is 15.9. The van der Waals surface area contributed by atoms with Crippen LogP contribution in [0.25, 0.3) is 11.0 Å². The van der Waals surface area contributed by atoms with E-state index >= 15 is 0 Å². The first-order valence-corrected chi connectivity index (χ1v) is 9.81. The summed E-state index contributed by atoms with van der Waals surface area (Å²) < 4.78 is 19.2. The number of H-pyrrole nitrogens is 2. The molecular weight excluding hydrogens is 322 g/mol. The smallest absolute Gasteiger partial charge is 0.275 e. The predicted molar refractivity (Wildman–Crippen MR) is 89.5 cm³/mol. The Hall–Kier alpha value is -1.00. The molecule has 1 saturated heterocycles. The second-order valence-corrected chi connectivity index (χ2v) is 8.07. The summed E-state index contributed by atoms with van der Waals surface area (Å²) in [6, 6.07) is 0.0900. The van der Waals surface area contributed by atoms with E-state index in [1.165, 1.54) is 6.33 Å². The van der Waals surface area contributed by atoms with Crippen molar-refractivity contribution in [2.24, 2.45) is 5.92 Å². The molecule has 0 aliphatic carbocycles. The van der Waals surface area contributed by atoms with E-state index in [9.17, 15) is 9.36 Å². The van der Waals surface area contributed by atoms with Gasteiger partial charge in [-0.2, -0.15) is 0 Å². The molecule has 22 heavy (non-hydrogen) atoms. The number of hydrogen-bond acceptors (Lipinski definition) is 5. The maximum Gasteiger partial charge on any atom is 0.275 e. The lowest BCUT2D eigenvalue weighted by Gasteiger charge is -2.26. The number of nitrogens with zero attached hydrogens (tertiary/aromatic N) is 2. The zero-order chi connectivity index (χ0) is 15.9. The molecule has 0 spiro atoms. The fraction of sp³-hybridized carbons (Fsp3) is 0.538. The van der Waals surface area contributed by atoms with Crippen LogP contribution >= 0.6 is 17.2 Å². The maximum absolute atomic E-state index is 11.8. The number of rotatable bonds is 4. The van der Waals surface area contributed by atoms with Gasteiger partial charge in [-0.25, -0.2) is 4.98 Å². The van der Waals surface area contributed by atoms with Gasteiger partial charge in [-0.1, -0.05) is 16.3 Å². The number of aromatic amines is 2. The highest BCUT2D eigenvalue weighted by atomic mass is 31.1. The minimum Gasteiger partial charge on any atom is -0.355 e. The van der Waals surface area contributed by atoms with Crippen LogP contribution in [0.3, 0.4) is 0 Å². The molecule has 2 unspecified atom stereocenters. The van der Waals surface area contributed by atoms with Gasteiger partial charge in [0.1, 0.15) is 17.3 Å². The highest BCUT2D eigenvalue weighted by molar-refractivity contribution is 7.43. The van der Waals surface area contributed by atoms with E-state index < -0.39 is 7.80 Å². The fourth-order valence-corrected chi connectivity index (χ4v) is 4.09. The van der Waals surface area contributed by atoms with Crippen molar-refractivity contribution in [1.29, 1.82) is 0 Å². The summed E-state index contributed by atoms with van der Waals surface area (Å²) in [4.78, 5) is 21.7. The summed E-state index contributed by atoms with van der Waals surface area (Å²) in [6.07, 6.45) is 4.34. The van der Waals surface area contributed by atoms with Crippen molar-refractivity contribution in [3.8, 4) is 0 Å². The monoisotopic (exact) mass is 342 g/mol. The number of hydrogen-bond donors (Lipinski definition) is 2. The molecule has 0 saturated carbocycles. The molecule has 2 aromatic rings. The predicted octanol–water partition coefficient (Wildman–Crippen LogP) is 1.91. The Bertz CT molecular complexity index is 759. The van der Waals surface area contributed by atoms with Crippen LogP contribution in [-0.2, 0) is 9.30 Å². The zero-order valence-corrected chi connectivity index (χ0v) is 14.7. The maximum atomic E-state index is 11.8. The van der Waals surface area contributed by atoms with E-state index in [2.05, 4.69) is 35.9 Å². The second-order valence-electron chi connectivity index (χ2n) is 5.78. The van der Waals surface area contributed by atoms with Gasteiger partial charge in [0.15, 0.2) is 0 Å². The van der Waals surface area contributed by atoms with Crippen molar-refractivity contribution in [2.75, 3.05) is 13.0 Å². The Labute approximate surface area is 130 Å². The molecule has 0 amide bonds. The summed E-state index contributed by atoms with van der Waals surface area (Å²) in [6.45, 7) is 3.81. The molecule has 5 atom stereocenters. The minimum absolute atomic E-state index is 0.0900. The third-order valence-electron chi connectivity index (χ3n) is 4.05. The molecule has 9 heteroatoms. The van der Waals surface area contributed by atoms with Crippen molar-refractivity contribution < 1.29 is 9.30 Å². The van der Waals surface area contributed by atoms with Crippen molar-refractivity contribution in [1.82, 2.24) is 19.6 Å². The van der Waals surface area contributed by atoms with Gasteiger partial charge in [-0.15, -0.1) is 0 Å². The summed E-state index contributed by atoms with van der Waals surface area (Å²) in [5, 5.41) is 0. The topological polar surface area (TPSA) is 91.1 Å². The van der Waals surface area contributed by atoms with Gasteiger partial charge in [-0.05, 0) is 19.0 Å². The van der Waals surface area contributed by atoms with E-state index in [0.29, 0.717) is 23.3 Å². The average molecular weight is 342 g/mol. The molecule has 3 rings (SSSR count). The lowest BCUT2D eigenvalue weighted by Crippen LogP contribution is -2.28. The van der Waals surface area contributed by atoms with Gasteiger partial charge < -0.3 is 19.3 Å². The van der Waals surface area contributed by atoms with Gasteiger partial charge in [0.05, 0.1) is 20.5 Å². The number of fused-ring (bicyclic) bond motifs is 1. The standard InChI is InChI=1S/C13H20N4O3P2/c1-7-3-9(17(21)13(7)20-6-22(2)19)8-4-14-11-10(8)15-5-16-12(11)18/h4-5,7,9,13-14,22H,3,6,21H2,1-2H3,(H,15,16,18)/t7-,9+,13+/m0/s1. The Morgan fingerprint density at radius 3 is 3.05 bits per heavy atom. The molecule has 0 bridgehead atoms. The second kappa shape index (κ2) is 6.25. The molecule has 1 aliphatic heterocycles. The van der Waals surface area contributed by atoms with E-state index in [-0.39, 0.29) is 17.8 Å². The molecule has 2 aromatic heterocycles. The van der Waals surface area contributed by atoms with E-state index in [4.69, 9.17) is 4.74 Å². The molecule has 1 fully saturated rings. The van der Waals surface area contributed by atoms with Crippen LogP contribution in [0, 0.1) is 5.92 Å². The van der Waals surface area contributed by atoms with Crippen LogP contribution in [0.1, 0.15) is 24.9 Å². The Kier molecular flexibility index (Phi) is 4.51. The van der Waals surface area contributed by atoms with Crippen molar-refractivity contribution in [3.05, 3.63) is 28.4 Å². The van der Waals surface area contributed by atoms with Gasteiger partial charge in [0, 0.05) is 17.8 Å². The van der Waals surface area contributed by atoms with Gasteiger partial charge in [0.2, 0.25) is 0 Å². The average Bonchev–Trinajstić information content (AvgIpc) is 3.00. The lowest BCUT2D eigenvalue weighted by molar-refractivity contribution is -0.000535. The number of ether oxygens (including phenoxy) is 1. The number of nitrogens with one attached hydrogen (secondary N) is 2. The highest BCUT2D eigenvalue weighted by Crippen LogP contribution is 2.44. The quantitative estimate of drug-likeness (QED) is 0.829. The van der Waals surface area contributed by atoms with Gasteiger partial charge in [-0.3, -0.25) is 9.46 Å². The summed E-state index contributed by atoms with van der Waals surface area (Å²) in [5.41, 5.74) is 2.00. The van der Waals surface area contributed by atoms with Crippen LogP contribution < -0.4 is 5.56 Å². The zero-order valence-electron chi connectivity index (χ0n) is 12.5. The number of aromatic nitrogens is 3. The fourth-order valence-electron chi connectivity index (χ4n) is 3.03. The SMILES string of the molecule is C[C@H]1C[C@H](c2c[nH]c3c(=O)[nH]cnc23)N(P)[C@@H]1OC[PH](C)=O. The third kappa shape index (κ3) is 2.79. The first-order chi connectivity index (χ1) is 10.5. The van der Waals surface area contributed by atoms with Crippen LogP contribution in [-0.4, -0.2) is 38.9 Å². The summed E-state index contributed by atoms with van der Waals surface area (Å²) >= 11 is 0. The van der Waals surface area contributed by atoms with Gasteiger partial charge in [0.25, 0.3) is 5.56 Å². The summed E-state index contributed by atoms with van der Waals surface area (Å²) in [5.74, 6) is 0.302. The highest BCUT2D eigenvalue weighted by Gasteiger charge is 2.39. The van der Waals surface area contributed by atoms with E-state index in [1.54, 1.807) is 6.66 Å². The van der Waals surface area contributed by atoms with E-state index in [1.807, 2.05) is 6.20 Å². The Morgan fingerprint density at radius 2 is 2.32 bits per heavy atom. The third-order valence-corrected chi connectivity index (χ3v) is 5.28. The first-order valence-electron chi connectivity index (χ1n) is 7.17. The Balaban J connectivity index is 1.90. The van der Waals surface area contributed by atoms with E-state index in [0.717, 1.165) is 12.0 Å². The van der Waals surface area contributed by atoms with Crippen molar-refractivity contribution >= 4 is 28.2 Å². The summed E-state index contributed by atoms with van der Waals surface area (Å²) in [7, 11) is 1.05. The molecule has 7 nitrogen and oxygen atoms in total. The van der Waals surface area contributed by atoms with Gasteiger partial charge >= 0.3 is 0 Å². The van der Waals surface area contributed by atoms with Crippen LogP contribution in [0.15, 0.2) is 17.3 Å². The van der Waals surface area contributed by atoms with Crippen LogP contribution in [0.2, 0.25) is 0 Å². The lowest BCUT2D eigenvalue weighted by atomic mass is 10.0. The molecule has 3 heterocycles. The van der Waals surface area contributed by atoms with Crippen LogP contribution in [0.5, 0.6) is 0 Å². The molecular formula is C13H20N4O3P2. The molecule has 2 N–H and O–H groups in total. The van der Waals surface area contributed by atoms with Crippen molar-refractivity contribution in [2.45, 2.75) is 25.6 Å². The van der Waals surface area contributed by atoms with Crippen molar-refractivity contribution in [3.63, 3.8) is 0 Å². The minimum atomic E-state index is -1.65. The largest absolute Gasteiger partial charge is 0.355 e. The molecule has 0 radical (unpaired) electrons. The molecule has 1 aliphatic rings. The molecule has 120 valence electrons. The Morgan fingerprint density at radius 1 is 1.55 bits per heavy atom. The normalized spacial score (nSPS) is 27.5. The van der Waals surface area contributed by atoms with Crippen LogP contribution in [0.4, 0.5) is 0 Å². The molecule has 0 aromatic carbocycles.